The van der Waals surface area contributed by atoms with Crippen molar-refractivity contribution < 1.29 is 14.3 Å². The summed E-state index contributed by atoms with van der Waals surface area (Å²) in [6.07, 6.45) is 1.42. The van der Waals surface area contributed by atoms with Crippen LogP contribution in [0.3, 0.4) is 0 Å². The maximum Gasteiger partial charge on any atom is 0.305 e. The molecule has 0 rings (SSSR count). The first-order chi connectivity index (χ1) is 6.22. The van der Waals surface area contributed by atoms with Crippen molar-refractivity contribution in [2.45, 2.75) is 40.5 Å². The zero-order chi connectivity index (χ0) is 10.5. The predicted molar refractivity (Wildman–Crippen MR) is 53.7 cm³/mol. The minimum absolute atomic E-state index is 0.0880. The van der Waals surface area contributed by atoms with E-state index in [0.717, 1.165) is 19.6 Å². The average Bonchev–Trinajstić information content (AvgIpc) is 2.08. The Morgan fingerprint density at radius 1 is 1.00 bits per heavy atom. The second-order valence-corrected chi connectivity index (χ2v) is 2.34. The molecule has 0 unspecified atom stereocenters. The van der Waals surface area contributed by atoms with E-state index >= 15 is 0 Å². The lowest BCUT2D eigenvalue weighted by atomic mass is 10.3. The molecule has 3 heteroatoms. The van der Waals surface area contributed by atoms with Gasteiger partial charge in [-0.15, -0.1) is 0 Å². The van der Waals surface area contributed by atoms with Crippen LogP contribution < -0.4 is 0 Å². The summed E-state index contributed by atoms with van der Waals surface area (Å²) in [6.45, 7) is 9.93. The van der Waals surface area contributed by atoms with Crippen LogP contribution in [0, 0.1) is 0 Å². The Balaban J connectivity index is 0. The molecule has 0 aromatic carbocycles. The van der Waals surface area contributed by atoms with E-state index in [1.807, 2.05) is 27.7 Å². The maximum absolute atomic E-state index is 10.4. The molecule has 0 bridgehead atoms. The van der Waals surface area contributed by atoms with Gasteiger partial charge in [0.25, 0.3) is 0 Å². The summed E-state index contributed by atoms with van der Waals surface area (Å²) in [5.41, 5.74) is 0. The SMILES string of the molecule is CCCC(=O)OCC.CCOCC. The van der Waals surface area contributed by atoms with E-state index in [-0.39, 0.29) is 5.97 Å². The van der Waals surface area contributed by atoms with Crippen molar-refractivity contribution >= 4 is 5.97 Å². The minimum atomic E-state index is -0.0880. The summed E-state index contributed by atoms with van der Waals surface area (Å²) in [7, 11) is 0. The van der Waals surface area contributed by atoms with Crippen molar-refractivity contribution in [2.24, 2.45) is 0 Å². The quantitative estimate of drug-likeness (QED) is 0.624. The Morgan fingerprint density at radius 3 is 1.77 bits per heavy atom. The van der Waals surface area contributed by atoms with E-state index in [4.69, 9.17) is 4.74 Å². The molecule has 0 saturated carbocycles. The summed E-state index contributed by atoms with van der Waals surface area (Å²) < 4.78 is 9.48. The molecule has 0 aliphatic carbocycles. The Morgan fingerprint density at radius 2 is 1.54 bits per heavy atom. The van der Waals surface area contributed by atoms with Crippen LogP contribution in [0.25, 0.3) is 0 Å². The lowest BCUT2D eigenvalue weighted by Crippen LogP contribution is -2.01. The molecule has 0 radical (unpaired) electrons. The summed E-state index contributed by atoms with van der Waals surface area (Å²) in [5.74, 6) is -0.0880. The fourth-order valence-electron chi connectivity index (χ4n) is 0.641. The Bertz CT molecular complexity index is 92.3. The monoisotopic (exact) mass is 190 g/mol. The van der Waals surface area contributed by atoms with Gasteiger partial charge >= 0.3 is 5.97 Å². The smallest absolute Gasteiger partial charge is 0.305 e. The Kier molecular flexibility index (Phi) is 16.1. The van der Waals surface area contributed by atoms with Crippen LogP contribution in [0.5, 0.6) is 0 Å². The first kappa shape index (κ1) is 14.9. The molecular weight excluding hydrogens is 168 g/mol. The lowest BCUT2D eigenvalue weighted by Gasteiger charge is -1.96. The molecule has 0 heterocycles. The molecule has 0 aliphatic heterocycles. The third kappa shape index (κ3) is 18.4. The van der Waals surface area contributed by atoms with Gasteiger partial charge in [0.1, 0.15) is 0 Å². The number of esters is 1. The highest BCUT2D eigenvalue weighted by molar-refractivity contribution is 5.69. The van der Waals surface area contributed by atoms with E-state index in [0.29, 0.717) is 13.0 Å². The molecule has 0 aromatic rings. The second-order valence-electron chi connectivity index (χ2n) is 2.34. The Labute approximate surface area is 81.4 Å². The molecule has 0 aromatic heterocycles. The average molecular weight is 190 g/mol. The fourth-order valence-corrected chi connectivity index (χ4v) is 0.641. The van der Waals surface area contributed by atoms with Gasteiger partial charge in [-0.05, 0) is 27.2 Å². The molecule has 0 amide bonds. The predicted octanol–water partition coefficient (Wildman–Crippen LogP) is 2.39. The number of rotatable bonds is 5. The van der Waals surface area contributed by atoms with Crippen LogP contribution in [0.4, 0.5) is 0 Å². The third-order valence-corrected chi connectivity index (χ3v) is 1.17. The van der Waals surface area contributed by atoms with Gasteiger partial charge in [-0.25, -0.2) is 0 Å². The highest BCUT2D eigenvalue weighted by atomic mass is 16.5. The molecule has 80 valence electrons. The first-order valence-corrected chi connectivity index (χ1v) is 4.96. The zero-order valence-corrected chi connectivity index (χ0v) is 9.26. The number of hydrogen-bond donors (Lipinski definition) is 0. The standard InChI is InChI=1S/C6H12O2.C4H10O/c1-3-5-6(7)8-4-2;1-3-5-4-2/h3-5H2,1-2H3;3-4H2,1-2H3. The van der Waals surface area contributed by atoms with Crippen LogP contribution in [-0.2, 0) is 14.3 Å². The van der Waals surface area contributed by atoms with Crippen molar-refractivity contribution in [1.82, 2.24) is 0 Å². The molecule has 13 heavy (non-hydrogen) atoms. The molecule has 0 aliphatic rings. The van der Waals surface area contributed by atoms with E-state index in [1.165, 1.54) is 0 Å². The van der Waals surface area contributed by atoms with Gasteiger partial charge in [0.2, 0.25) is 0 Å². The van der Waals surface area contributed by atoms with Crippen molar-refractivity contribution in [3.63, 3.8) is 0 Å². The molecule has 0 saturated heterocycles. The number of carbonyl (C=O) groups excluding carboxylic acids is 1. The van der Waals surface area contributed by atoms with Gasteiger partial charge < -0.3 is 9.47 Å². The molecule has 0 spiro atoms. The second kappa shape index (κ2) is 14.0. The van der Waals surface area contributed by atoms with Crippen molar-refractivity contribution in [3.8, 4) is 0 Å². The van der Waals surface area contributed by atoms with Crippen LogP contribution in [0.15, 0.2) is 0 Å². The van der Waals surface area contributed by atoms with Gasteiger partial charge in [0.15, 0.2) is 0 Å². The normalized spacial score (nSPS) is 8.62. The third-order valence-electron chi connectivity index (χ3n) is 1.17. The van der Waals surface area contributed by atoms with Crippen LogP contribution in [0.2, 0.25) is 0 Å². The zero-order valence-electron chi connectivity index (χ0n) is 9.26. The minimum Gasteiger partial charge on any atom is -0.466 e. The highest BCUT2D eigenvalue weighted by Crippen LogP contribution is 1.89. The lowest BCUT2D eigenvalue weighted by molar-refractivity contribution is -0.143. The summed E-state index contributed by atoms with van der Waals surface area (Å²) in [6, 6.07) is 0. The Hall–Kier alpha value is -0.570. The number of carbonyl (C=O) groups is 1. The van der Waals surface area contributed by atoms with Crippen molar-refractivity contribution in [1.29, 1.82) is 0 Å². The van der Waals surface area contributed by atoms with E-state index < -0.39 is 0 Å². The van der Waals surface area contributed by atoms with Crippen molar-refractivity contribution in [2.75, 3.05) is 19.8 Å². The summed E-state index contributed by atoms with van der Waals surface area (Å²) in [5, 5.41) is 0. The number of hydrogen-bond acceptors (Lipinski definition) is 3. The van der Waals surface area contributed by atoms with E-state index in [1.54, 1.807) is 0 Å². The summed E-state index contributed by atoms with van der Waals surface area (Å²) >= 11 is 0. The van der Waals surface area contributed by atoms with Gasteiger partial charge in [0.05, 0.1) is 6.61 Å². The largest absolute Gasteiger partial charge is 0.466 e. The van der Waals surface area contributed by atoms with E-state index in [9.17, 15) is 4.79 Å². The van der Waals surface area contributed by atoms with Gasteiger partial charge in [0, 0.05) is 19.6 Å². The molecule has 0 N–H and O–H groups in total. The molecule has 3 nitrogen and oxygen atoms in total. The summed E-state index contributed by atoms with van der Waals surface area (Å²) in [4.78, 5) is 10.4. The molecule has 0 atom stereocenters. The van der Waals surface area contributed by atoms with Crippen molar-refractivity contribution in [3.05, 3.63) is 0 Å². The highest BCUT2D eigenvalue weighted by Gasteiger charge is 1.95. The van der Waals surface area contributed by atoms with Crippen LogP contribution in [0.1, 0.15) is 40.5 Å². The topological polar surface area (TPSA) is 35.5 Å². The maximum atomic E-state index is 10.4. The molecule has 0 fully saturated rings. The first-order valence-electron chi connectivity index (χ1n) is 4.96. The van der Waals surface area contributed by atoms with Crippen LogP contribution in [-0.4, -0.2) is 25.8 Å². The van der Waals surface area contributed by atoms with E-state index in [2.05, 4.69) is 4.74 Å². The van der Waals surface area contributed by atoms with Crippen LogP contribution >= 0.6 is 0 Å². The van der Waals surface area contributed by atoms with Gasteiger partial charge in [-0.3, -0.25) is 4.79 Å². The fraction of sp³-hybridized carbons (Fsp3) is 0.900. The number of ether oxygens (including phenoxy) is 2. The van der Waals surface area contributed by atoms with Gasteiger partial charge in [-0.1, -0.05) is 6.92 Å². The van der Waals surface area contributed by atoms with Gasteiger partial charge in [-0.2, -0.15) is 0 Å². The molecular formula is C10H22O3.